The average molecular weight is 642 g/mol. The summed E-state index contributed by atoms with van der Waals surface area (Å²) in [6.45, 7) is 3.32. The zero-order valence-corrected chi connectivity index (χ0v) is 18.6. The van der Waals surface area contributed by atoms with Gasteiger partial charge in [0.15, 0.2) is 0 Å². The molecule has 6 radical (unpaired) electrons. The molecule has 0 fully saturated rings. The van der Waals surface area contributed by atoms with E-state index in [1.54, 1.807) is 19.9 Å². The summed E-state index contributed by atoms with van der Waals surface area (Å²) < 4.78 is 0. The Labute approximate surface area is 174 Å². The van der Waals surface area contributed by atoms with Gasteiger partial charge in [-0.05, 0) is 0 Å². The van der Waals surface area contributed by atoms with Crippen molar-refractivity contribution in [3.8, 4) is 0 Å². The number of allylic oxidation sites excluding steroid dienone is 4. The van der Waals surface area contributed by atoms with Gasteiger partial charge in [-0.1, -0.05) is 27.2 Å². The SMILES string of the molecule is C.CC(=[N-])C1=[C-]CCC=C1.CC(=[N-])c1[c-]cccc1.[B].[B].[W+2].[W+2]. The summed E-state index contributed by atoms with van der Waals surface area (Å²) in [4.78, 5) is 0. The van der Waals surface area contributed by atoms with Crippen LogP contribution in [0.3, 0.4) is 0 Å². The molecule has 1 aromatic carbocycles. The van der Waals surface area contributed by atoms with Crippen molar-refractivity contribution in [3.05, 3.63) is 70.5 Å². The standard InChI is InChI=1S/C8H9N.C8H7N.CH4.2B.2W/c2*1-7(9)8-5-3-2-4-6-8;;;;;/h3,5H,2,4H2,1H3;2-5H,1H3;1H4;;;;/q2*-2;;;;2*+2. The maximum Gasteiger partial charge on any atom is 2.00 e. The topological polar surface area (TPSA) is 44.6 Å². The van der Waals surface area contributed by atoms with Crippen LogP contribution in [-0.4, -0.2) is 28.2 Å². The molecule has 0 heterocycles. The summed E-state index contributed by atoms with van der Waals surface area (Å²) in [5.41, 5.74) is 2.29. The molecule has 0 saturated heterocycles. The maximum absolute atomic E-state index is 8.94. The second kappa shape index (κ2) is 19.6. The van der Waals surface area contributed by atoms with Crippen molar-refractivity contribution in [2.45, 2.75) is 34.1 Å². The molecule has 116 valence electrons. The fourth-order valence-corrected chi connectivity index (χ4v) is 1.42. The van der Waals surface area contributed by atoms with E-state index >= 15 is 0 Å². The van der Waals surface area contributed by atoms with Crippen molar-refractivity contribution >= 4 is 28.2 Å². The Balaban J connectivity index is -0.0000000771. The Kier molecular flexibility index (Phi) is 29.0. The summed E-state index contributed by atoms with van der Waals surface area (Å²) in [5, 5.41) is 17.9. The minimum Gasteiger partial charge on any atom is -0.876 e. The van der Waals surface area contributed by atoms with E-state index in [1.807, 2.05) is 30.4 Å². The molecule has 0 saturated carbocycles. The summed E-state index contributed by atoms with van der Waals surface area (Å²) in [7, 11) is 0. The zero-order valence-electron chi connectivity index (χ0n) is 12.7. The van der Waals surface area contributed by atoms with Crippen LogP contribution in [0, 0.1) is 12.1 Å². The van der Waals surface area contributed by atoms with Crippen molar-refractivity contribution in [3.63, 3.8) is 0 Å². The molecule has 0 atom stereocenters. The third-order valence-electron chi connectivity index (χ3n) is 2.40. The fraction of sp³-hybridized carbons (Fsp3) is 0.294. The van der Waals surface area contributed by atoms with Crippen molar-refractivity contribution < 1.29 is 42.1 Å². The van der Waals surface area contributed by atoms with E-state index in [2.05, 4.69) is 12.1 Å². The Morgan fingerprint density at radius 2 is 1.65 bits per heavy atom. The smallest absolute Gasteiger partial charge is 0.876 e. The number of hydrogen-bond donors (Lipinski definition) is 0. The molecular weight excluding hydrogens is 622 g/mol. The van der Waals surface area contributed by atoms with Crippen LogP contribution in [0.15, 0.2) is 42.0 Å². The summed E-state index contributed by atoms with van der Waals surface area (Å²) in [6, 6.07) is 10.2. The van der Waals surface area contributed by atoms with E-state index in [4.69, 9.17) is 10.8 Å². The van der Waals surface area contributed by atoms with Crippen LogP contribution in [0.2, 0.25) is 0 Å². The van der Waals surface area contributed by atoms with E-state index < -0.39 is 0 Å². The second-order valence-corrected chi connectivity index (χ2v) is 3.98. The first-order valence-corrected chi connectivity index (χ1v) is 5.91. The normalized spacial score (nSPS) is 10.3. The fourth-order valence-electron chi connectivity index (χ4n) is 1.42. The van der Waals surface area contributed by atoms with Gasteiger partial charge >= 0.3 is 42.1 Å². The number of nitrogens with zero attached hydrogens (tertiary/aromatic N) is 2. The molecule has 2 rings (SSSR count). The first kappa shape index (κ1) is 34.0. The maximum atomic E-state index is 8.94. The van der Waals surface area contributed by atoms with Crippen LogP contribution in [0.5, 0.6) is 0 Å². The quantitative estimate of drug-likeness (QED) is 0.268. The van der Waals surface area contributed by atoms with Gasteiger partial charge in [-0.25, -0.2) is 11.6 Å². The number of rotatable bonds is 2. The average Bonchev–Trinajstić information content (AvgIpc) is 2.41. The molecule has 0 N–H and O–H groups in total. The van der Waals surface area contributed by atoms with Crippen LogP contribution in [0.25, 0.3) is 10.8 Å². The minimum absolute atomic E-state index is 0. The van der Waals surface area contributed by atoms with Crippen LogP contribution in [-0.2, 0) is 42.1 Å². The van der Waals surface area contributed by atoms with Crippen molar-refractivity contribution in [1.29, 1.82) is 0 Å². The molecule has 23 heavy (non-hydrogen) atoms. The molecule has 0 spiro atoms. The van der Waals surface area contributed by atoms with Crippen LogP contribution in [0.1, 0.15) is 39.7 Å². The molecule has 0 unspecified atom stereocenters. The largest absolute Gasteiger partial charge is 2.00 e. The monoisotopic (exact) mass is 642 g/mol. The summed E-state index contributed by atoms with van der Waals surface area (Å²) in [6.07, 6.45) is 9.00. The molecular formula is C17H20B2N2W2. The van der Waals surface area contributed by atoms with E-state index in [0.717, 1.165) is 24.0 Å². The second-order valence-electron chi connectivity index (χ2n) is 3.98. The van der Waals surface area contributed by atoms with Crippen molar-refractivity contribution in [2.24, 2.45) is 0 Å². The van der Waals surface area contributed by atoms with E-state index in [9.17, 15) is 0 Å². The van der Waals surface area contributed by atoms with Gasteiger partial charge in [-0.3, -0.25) is 11.4 Å². The number of benzene rings is 1. The summed E-state index contributed by atoms with van der Waals surface area (Å²) >= 11 is 0. The Hall–Kier alpha value is -0.454. The zero-order chi connectivity index (χ0) is 13.4. The molecule has 0 bridgehead atoms. The Morgan fingerprint density at radius 1 is 1.04 bits per heavy atom. The van der Waals surface area contributed by atoms with Gasteiger partial charge in [0.05, 0.1) is 0 Å². The molecule has 1 aliphatic rings. The predicted molar refractivity (Wildman–Crippen MR) is 95.8 cm³/mol. The number of hydrogen-bond acceptors (Lipinski definition) is 0. The van der Waals surface area contributed by atoms with Gasteiger partial charge in [-0.2, -0.15) is 11.6 Å². The minimum atomic E-state index is 0. The van der Waals surface area contributed by atoms with Gasteiger partial charge in [0.25, 0.3) is 0 Å². The first-order valence-electron chi connectivity index (χ1n) is 5.91. The molecule has 6 heteroatoms. The van der Waals surface area contributed by atoms with Gasteiger partial charge < -0.3 is 10.8 Å². The van der Waals surface area contributed by atoms with Crippen LogP contribution < -0.4 is 0 Å². The van der Waals surface area contributed by atoms with Gasteiger partial charge in [0, 0.05) is 16.8 Å². The van der Waals surface area contributed by atoms with Crippen LogP contribution in [0.4, 0.5) is 0 Å². The van der Waals surface area contributed by atoms with Crippen molar-refractivity contribution in [2.75, 3.05) is 0 Å². The van der Waals surface area contributed by atoms with Gasteiger partial charge in [-0.15, -0.1) is 43.3 Å². The van der Waals surface area contributed by atoms with E-state index in [1.165, 1.54) is 0 Å². The molecule has 0 aromatic heterocycles. The van der Waals surface area contributed by atoms with Crippen LogP contribution >= 0.6 is 0 Å². The van der Waals surface area contributed by atoms with Crippen molar-refractivity contribution in [1.82, 2.24) is 0 Å². The van der Waals surface area contributed by atoms with E-state index in [-0.39, 0.29) is 66.4 Å². The Morgan fingerprint density at radius 3 is 1.91 bits per heavy atom. The molecule has 2 nitrogen and oxygen atoms in total. The van der Waals surface area contributed by atoms with E-state index in [0.29, 0.717) is 11.4 Å². The van der Waals surface area contributed by atoms with Gasteiger partial charge in [0.1, 0.15) is 0 Å². The predicted octanol–water partition coefficient (Wildman–Crippen LogP) is 3.83. The third-order valence-corrected chi connectivity index (χ3v) is 2.40. The molecule has 1 aliphatic carbocycles. The molecule has 0 aliphatic heterocycles. The summed E-state index contributed by atoms with van der Waals surface area (Å²) in [5.74, 6) is 0. The first-order chi connectivity index (χ1) is 8.61. The van der Waals surface area contributed by atoms with Gasteiger partial charge in [0.2, 0.25) is 0 Å². The molecule has 0 amide bonds. The molecule has 1 aromatic rings. The third kappa shape index (κ3) is 14.8. The Bertz CT molecular complexity index is 487.